The molecule has 0 N–H and O–H groups in total. The Morgan fingerprint density at radius 1 is 1.67 bits per heavy atom. The summed E-state index contributed by atoms with van der Waals surface area (Å²) in [6, 6.07) is 0. The number of hydrogen-bond donors (Lipinski definition) is 0. The molecule has 1 spiro atoms. The third kappa shape index (κ3) is 1.17. The van der Waals surface area contributed by atoms with Gasteiger partial charge in [0, 0.05) is 4.91 Å². The molecular weight excluding hydrogens is 154 g/mol. The Labute approximate surface area is 71.5 Å². The Kier molecular flexibility index (Phi) is 1.74. The second-order valence-electron chi connectivity index (χ2n) is 4.02. The van der Waals surface area contributed by atoms with Crippen LogP contribution in [0.1, 0.15) is 19.8 Å². The van der Waals surface area contributed by atoms with Crippen LogP contribution in [0.5, 0.6) is 0 Å². The maximum Gasteiger partial charge on any atom is 0.0637 e. The Balaban J connectivity index is 1.87. The molecule has 0 aromatic carbocycles. The molecule has 0 amide bonds. The summed E-state index contributed by atoms with van der Waals surface area (Å²) in [5.74, 6) is 0.813. The minimum absolute atomic E-state index is 0.186. The van der Waals surface area contributed by atoms with E-state index in [1.807, 2.05) is 0 Å². The molecule has 12 heavy (non-hydrogen) atoms. The van der Waals surface area contributed by atoms with Gasteiger partial charge in [-0.05, 0) is 29.7 Å². The molecule has 1 saturated heterocycles. The summed E-state index contributed by atoms with van der Waals surface area (Å²) >= 11 is 0. The van der Waals surface area contributed by atoms with E-state index in [2.05, 4.69) is 16.9 Å². The van der Waals surface area contributed by atoms with E-state index in [0.717, 1.165) is 18.9 Å². The first-order chi connectivity index (χ1) is 5.77. The van der Waals surface area contributed by atoms with E-state index in [0.29, 0.717) is 12.0 Å². The van der Waals surface area contributed by atoms with Crippen LogP contribution in [0.2, 0.25) is 0 Å². The lowest BCUT2D eigenvalue weighted by Gasteiger charge is -2.03. The van der Waals surface area contributed by atoms with E-state index < -0.39 is 0 Å². The van der Waals surface area contributed by atoms with Gasteiger partial charge >= 0.3 is 0 Å². The second kappa shape index (κ2) is 2.64. The molecule has 1 heterocycles. The fourth-order valence-electron chi connectivity index (χ4n) is 2.14. The molecule has 66 valence electrons. The Hall–Kier alpha value is -0.730. The first-order valence-electron chi connectivity index (χ1n) is 4.39. The van der Waals surface area contributed by atoms with E-state index >= 15 is 0 Å². The van der Waals surface area contributed by atoms with Gasteiger partial charge in [0.2, 0.25) is 0 Å². The Bertz CT molecular complexity index is 236. The smallest absolute Gasteiger partial charge is 0.0637 e. The van der Waals surface area contributed by atoms with Gasteiger partial charge in [-0.15, -0.1) is 0 Å². The van der Waals surface area contributed by atoms with Gasteiger partial charge in [0.15, 0.2) is 0 Å². The average molecular weight is 167 g/mol. The molecule has 4 nitrogen and oxygen atoms in total. The third-order valence-electron chi connectivity index (χ3n) is 3.19. The number of hydrogen-bond acceptors (Lipinski definition) is 2. The summed E-state index contributed by atoms with van der Waals surface area (Å²) in [7, 11) is 0. The molecule has 3 unspecified atom stereocenters. The predicted octanol–water partition coefficient (Wildman–Crippen LogP) is 2.11. The van der Waals surface area contributed by atoms with Crippen molar-refractivity contribution >= 4 is 0 Å². The maximum atomic E-state index is 8.13. The minimum atomic E-state index is 0.186. The van der Waals surface area contributed by atoms with Crippen molar-refractivity contribution in [3.63, 3.8) is 0 Å². The highest BCUT2D eigenvalue weighted by atomic mass is 16.5. The predicted molar refractivity (Wildman–Crippen MR) is 44.6 cm³/mol. The molecule has 2 fully saturated rings. The van der Waals surface area contributed by atoms with Gasteiger partial charge in [0.1, 0.15) is 0 Å². The summed E-state index contributed by atoms with van der Waals surface area (Å²) in [4.78, 5) is 2.73. The Morgan fingerprint density at radius 3 is 2.92 bits per heavy atom. The highest BCUT2D eigenvalue weighted by molar-refractivity contribution is 5.04. The van der Waals surface area contributed by atoms with Gasteiger partial charge in [-0.2, -0.15) is 0 Å². The van der Waals surface area contributed by atoms with Crippen molar-refractivity contribution in [2.45, 2.75) is 25.9 Å². The number of azide groups is 1. The van der Waals surface area contributed by atoms with Gasteiger partial charge in [0.05, 0.1) is 19.3 Å². The number of ether oxygens (including phenoxy) is 1. The van der Waals surface area contributed by atoms with Gasteiger partial charge in [-0.3, -0.25) is 0 Å². The summed E-state index contributed by atoms with van der Waals surface area (Å²) in [6.45, 7) is 3.64. The molecule has 0 aromatic heterocycles. The van der Waals surface area contributed by atoms with Gasteiger partial charge < -0.3 is 4.74 Å². The highest BCUT2D eigenvalue weighted by Crippen LogP contribution is 2.58. The van der Waals surface area contributed by atoms with E-state index in [4.69, 9.17) is 10.3 Å². The lowest BCUT2D eigenvalue weighted by molar-refractivity contribution is 0.110. The third-order valence-corrected chi connectivity index (χ3v) is 3.19. The van der Waals surface area contributed by atoms with Crippen LogP contribution >= 0.6 is 0 Å². The number of nitrogens with zero attached hydrogens (tertiary/aromatic N) is 3. The topological polar surface area (TPSA) is 58.0 Å². The standard InChI is InChI=1S/C8H13N3O/c1-6-2-8(6)3-7(12-5-8)4-10-11-9/h6-7H,2-5H2,1H3. The lowest BCUT2D eigenvalue weighted by atomic mass is 10.0. The Morgan fingerprint density at radius 2 is 2.42 bits per heavy atom. The van der Waals surface area contributed by atoms with Crippen LogP contribution in [-0.4, -0.2) is 19.3 Å². The summed E-state index contributed by atoms with van der Waals surface area (Å²) < 4.78 is 5.54. The normalized spacial score (nSPS) is 44.4. The molecule has 0 aromatic rings. The van der Waals surface area contributed by atoms with Crippen molar-refractivity contribution in [2.24, 2.45) is 16.4 Å². The van der Waals surface area contributed by atoms with Gasteiger partial charge in [0.25, 0.3) is 0 Å². The van der Waals surface area contributed by atoms with Gasteiger partial charge in [-0.25, -0.2) is 0 Å². The first-order valence-corrected chi connectivity index (χ1v) is 4.39. The minimum Gasteiger partial charge on any atom is -0.377 e. The van der Waals surface area contributed by atoms with Crippen molar-refractivity contribution in [3.8, 4) is 0 Å². The molecule has 2 aliphatic rings. The fraction of sp³-hybridized carbons (Fsp3) is 1.00. The number of rotatable bonds is 2. The van der Waals surface area contributed by atoms with Crippen molar-refractivity contribution in [1.82, 2.24) is 0 Å². The van der Waals surface area contributed by atoms with Crippen molar-refractivity contribution in [3.05, 3.63) is 10.4 Å². The summed E-state index contributed by atoms with van der Waals surface area (Å²) in [6.07, 6.45) is 2.57. The highest BCUT2D eigenvalue weighted by Gasteiger charge is 2.55. The van der Waals surface area contributed by atoms with Crippen LogP contribution in [0.25, 0.3) is 10.4 Å². The van der Waals surface area contributed by atoms with Crippen LogP contribution in [0.15, 0.2) is 5.11 Å². The second-order valence-corrected chi connectivity index (χ2v) is 4.02. The van der Waals surface area contributed by atoms with E-state index in [1.54, 1.807) is 0 Å². The molecule has 4 heteroatoms. The average Bonchev–Trinajstić information content (AvgIpc) is 2.50. The van der Waals surface area contributed by atoms with E-state index in [-0.39, 0.29) is 6.10 Å². The summed E-state index contributed by atoms with van der Waals surface area (Å²) in [5.41, 5.74) is 8.59. The lowest BCUT2D eigenvalue weighted by Crippen LogP contribution is -2.08. The van der Waals surface area contributed by atoms with Crippen LogP contribution in [-0.2, 0) is 4.74 Å². The monoisotopic (exact) mass is 167 g/mol. The molecular formula is C8H13N3O. The summed E-state index contributed by atoms with van der Waals surface area (Å²) in [5, 5.41) is 3.53. The molecule has 1 aliphatic heterocycles. The zero-order valence-corrected chi connectivity index (χ0v) is 7.23. The van der Waals surface area contributed by atoms with Crippen molar-refractivity contribution in [2.75, 3.05) is 13.2 Å². The van der Waals surface area contributed by atoms with Gasteiger partial charge in [-0.1, -0.05) is 12.0 Å². The van der Waals surface area contributed by atoms with Crippen LogP contribution in [0, 0.1) is 11.3 Å². The van der Waals surface area contributed by atoms with Crippen molar-refractivity contribution < 1.29 is 4.74 Å². The zero-order chi connectivity index (χ0) is 8.60. The first kappa shape index (κ1) is 7.90. The van der Waals surface area contributed by atoms with E-state index in [9.17, 15) is 0 Å². The van der Waals surface area contributed by atoms with Crippen LogP contribution < -0.4 is 0 Å². The molecule has 1 aliphatic carbocycles. The van der Waals surface area contributed by atoms with Crippen LogP contribution in [0.3, 0.4) is 0 Å². The van der Waals surface area contributed by atoms with Crippen molar-refractivity contribution in [1.29, 1.82) is 0 Å². The van der Waals surface area contributed by atoms with Crippen LogP contribution in [0.4, 0.5) is 0 Å². The fourth-order valence-corrected chi connectivity index (χ4v) is 2.14. The maximum absolute atomic E-state index is 8.13. The molecule has 0 radical (unpaired) electrons. The molecule has 2 rings (SSSR count). The zero-order valence-electron chi connectivity index (χ0n) is 7.23. The molecule has 1 saturated carbocycles. The largest absolute Gasteiger partial charge is 0.377 e. The molecule has 3 atom stereocenters. The quantitative estimate of drug-likeness (QED) is 0.353. The SMILES string of the molecule is CC1CC12COC(CN=[N+]=[N-])C2. The molecule has 0 bridgehead atoms. The van der Waals surface area contributed by atoms with E-state index in [1.165, 1.54) is 6.42 Å².